The molecular weight excluding hydrogens is 296 g/mol. The summed E-state index contributed by atoms with van der Waals surface area (Å²) in [6, 6.07) is 26.6. The van der Waals surface area contributed by atoms with E-state index < -0.39 is 0 Å². The average Bonchev–Trinajstić information content (AvgIpc) is 3.26. The number of fused-ring (bicyclic) bond motifs is 2. The highest BCUT2D eigenvalue weighted by Gasteiger charge is 2.08. The van der Waals surface area contributed by atoms with Crippen molar-refractivity contribution in [3.63, 3.8) is 0 Å². The summed E-state index contributed by atoms with van der Waals surface area (Å²) in [6.07, 6.45) is 2.09. The van der Waals surface area contributed by atoms with Gasteiger partial charge in [-0.3, -0.25) is 0 Å². The molecule has 2 heterocycles. The van der Waals surface area contributed by atoms with E-state index in [1.54, 1.807) is 4.80 Å². The van der Waals surface area contributed by atoms with Gasteiger partial charge in [-0.2, -0.15) is 4.80 Å². The summed E-state index contributed by atoms with van der Waals surface area (Å²) in [4.78, 5) is 1.68. The van der Waals surface area contributed by atoms with Crippen LogP contribution in [0.15, 0.2) is 85.1 Å². The van der Waals surface area contributed by atoms with Crippen molar-refractivity contribution in [2.75, 3.05) is 0 Å². The normalized spacial score (nSPS) is 11.3. The van der Waals surface area contributed by atoms with E-state index in [-0.39, 0.29) is 0 Å². The molecule has 0 aliphatic rings. The van der Waals surface area contributed by atoms with E-state index in [2.05, 4.69) is 63.4 Å². The Morgan fingerprint density at radius 1 is 0.625 bits per heavy atom. The molecule has 0 saturated carbocycles. The summed E-state index contributed by atoms with van der Waals surface area (Å²) in [5.74, 6) is 0. The minimum Gasteiger partial charge on any atom is -0.316 e. The lowest BCUT2D eigenvalue weighted by atomic mass is 10.2. The fourth-order valence-corrected chi connectivity index (χ4v) is 3.04. The summed E-state index contributed by atoms with van der Waals surface area (Å²) in [5, 5.41) is 10.4. The molecule has 0 unspecified atom stereocenters. The summed E-state index contributed by atoms with van der Waals surface area (Å²) in [7, 11) is 0. The van der Waals surface area contributed by atoms with Crippen molar-refractivity contribution in [3.8, 4) is 11.4 Å². The highest BCUT2D eigenvalue weighted by Crippen LogP contribution is 2.22. The monoisotopic (exact) mass is 310 g/mol. The Morgan fingerprint density at radius 3 is 2.33 bits per heavy atom. The third kappa shape index (κ3) is 2.01. The van der Waals surface area contributed by atoms with Gasteiger partial charge in [0.15, 0.2) is 0 Å². The smallest absolute Gasteiger partial charge is 0.115 e. The van der Waals surface area contributed by atoms with Crippen molar-refractivity contribution in [2.45, 2.75) is 0 Å². The van der Waals surface area contributed by atoms with Gasteiger partial charge in [0.2, 0.25) is 0 Å². The maximum absolute atomic E-state index is 4.63. The number of para-hydroxylation sites is 2. The van der Waals surface area contributed by atoms with Crippen molar-refractivity contribution in [1.82, 2.24) is 19.6 Å². The molecule has 0 aliphatic carbocycles. The van der Waals surface area contributed by atoms with E-state index >= 15 is 0 Å². The maximum atomic E-state index is 4.63. The van der Waals surface area contributed by atoms with Crippen LogP contribution in [0.4, 0.5) is 0 Å². The molecular formula is C20H14N4. The van der Waals surface area contributed by atoms with Gasteiger partial charge in [0.25, 0.3) is 0 Å². The Bertz CT molecular complexity index is 1150. The molecule has 0 saturated heterocycles. The summed E-state index contributed by atoms with van der Waals surface area (Å²) in [6.45, 7) is 0. The molecule has 24 heavy (non-hydrogen) atoms. The number of aromatic nitrogens is 4. The highest BCUT2D eigenvalue weighted by molar-refractivity contribution is 5.83. The van der Waals surface area contributed by atoms with E-state index in [0.717, 1.165) is 22.4 Å². The van der Waals surface area contributed by atoms with Crippen molar-refractivity contribution in [3.05, 3.63) is 85.1 Å². The zero-order chi connectivity index (χ0) is 15.9. The number of rotatable bonds is 2. The molecule has 4 nitrogen and oxygen atoms in total. The fourth-order valence-electron chi connectivity index (χ4n) is 3.04. The molecule has 3 aromatic carbocycles. The van der Waals surface area contributed by atoms with Crippen molar-refractivity contribution < 1.29 is 0 Å². The average molecular weight is 310 g/mol. The van der Waals surface area contributed by atoms with Crippen LogP contribution in [-0.4, -0.2) is 19.6 Å². The molecule has 0 bridgehead atoms. The Kier molecular flexibility index (Phi) is 2.76. The van der Waals surface area contributed by atoms with E-state index in [1.165, 1.54) is 10.9 Å². The van der Waals surface area contributed by atoms with Gasteiger partial charge in [-0.15, -0.1) is 10.2 Å². The van der Waals surface area contributed by atoms with Crippen LogP contribution in [0.5, 0.6) is 0 Å². The summed E-state index contributed by atoms with van der Waals surface area (Å²) < 4.78 is 2.18. The SMILES string of the molecule is c1ccc(-n2nc3ccc(-n4ccc5ccccc54)cc3n2)cc1. The van der Waals surface area contributed by atoms with Crippen LogP contribution in [0.3, 0.4) is 0 Å². The Labute approximate surface area is 138 Å². The van der Waals surface area contributed by atoms with Gasteiger partial charge in [-0.05, 0) is 47.9 Å². The molecule has 0 atom stereocenters. The zero-order valence-corrected chi connectivity index (χ0v) is 12.9. The van der Waals surface area contributed by atoms with Gasteiger partial charge in [0.1, 0.15) is 11.0 Å². The van der Waals surface area contributed by atoms with Crippen LogP contribution in [0, 0.1) is 0 Å². The van der Waals surface area contributed by atoms with Crippen molar-refractivity contribution in [2.24, 2.45) is 0 Å². The predicted molar refractivity (Wildman–Crippen MR) is 95.7 cm³/mol. The van der Waals surface area contributed by atoms with Gasteiger partial charge in [0, 0.05) is 11.9 Å². The number of nitrogens with zero attached hydrogens (tertiary/aromatic N) is 4. The Balaban J connectivity index is 1.66. The van der Waals surface area contributed by atoms with Gasteiger partial charge in [0.05, 0.1) is 11.2 Å². The second-order valence-electron chi connectivity index (χ2n) is 5.74. The van der Waals surface area contributed by atoms with Crippen LogP contribution >= 0.6 is 0 Å². The molecule has 4 heteroatoms. The van der Waals surface area contributed by atoms with E-state index in [1.807, 2.05) is 36.4 Å². The first-order valence-corrected chi connectivity index (χ1v) is 7.87. The van der Waals surface area contributed by atoms with Crippen LogP contribution in [-0.2, 0) is 0 Å². The van der Waals surface area contributed by atoms with Crippen LogP contribution in [0.25, 0.3) is 33.3 Å². The van der Waals surface area contributed by atoms with E-state index in [4.69, 9.17) is 0 Å². The van der Waals surface area contributed by atoms with Crippen molar-refractivity contribution >= 4 is 21.9 Å². The number of benzene rings is 3. The first kappa shape index (κ1) is 13.1. The third-order valence-electron chi connectivity index (χ3n) is 4.23. The van der Waals surface area contributed by atoms with Gasteiger partial charge < -0.3 is 4.57 Å². The van der Waals surface area contributed by atoms with Gasteiger partial charge >= 0.3 is 0 Å². The van der Waals surface area contributed by atoms with Gasteiger partial charge in [-0.25, -0.2) is 0 Å². The number of hydrogen-bond acceptors (Lipinski definition) is 2. The van der Waals surface area contributed by atoms with Crippen LogP contribution in [0.2, 0.25) is 0 Å². The zero-order valence-electron chi connectivity index (χ0n) is 12.9. The lowest BCUT2D eigenvalue weighted by Crippen LogP contribution is -1.97. The summed E-state index contributed by atoms with van der Waals surface area (Å²) >= 11 is 0. The summed E-state index contributed by atoms with van der Waals surface area (Å²) in [5.41, 5.74) is 5.01. The second-order valence-corrected chi connectivity index (χ2v) is 5.74. The van der Waals surface area contributed by atoms with Crippen molar-refractivity contribution in [1.29, 1.82) is 0 Å². The minimum absolute atomic E-state index is 0.883. The quantitative estimate of drug-likeness (QED) is 0.485. The molecule has 0 amide bonds. The minimum atomic E-state index is 0.883. The van der Waals surface area contributed by atoms with Crippen LogP contribution in [0.1, 0.15) is 0 Å². The first-order chi connectivity index (χ1) is 11.9. The molecule has 5 aromatic rings. The Morgan fingerprint density at radius 2 is 1.42 bits per heavy atom. The lowest BCUT2D eigenvalue weighted by molar-refractivity contribution is 0.766. The molecule has 2 aromatic heterocycles. The Hall–Kier alpha value is -3.40. The number of hydrogen-bond donors (Lipinski definition) is 0. The predicted octanol–water partition coefficient (Wildman–Crippen LogP) is 4.36. The first-order valence-electron chi connectivity index (χ1n) is 7.87. The largest absolute Gasteiger partial charge is 0.316 e. The van der Waals surface area contributed by atoms with E-state index in [0.29, 0.717) is 0 Å². The second kappa shape index (κ2) is 5.06. The standard InChI is InChI=1S/C20H14N4/c1-2-7-16(8-3-1)24-21-18-11-10-17(14-19(18)22-24)23-13-12-15-6-4-5-9-20(15)23/h1-14H. The molecule has 5 rings (SSSR count). The maximum Gasteiger partial charge on any atom is 0.115 e. The third-order valence-corrected chi connectivity index (χ3v) is 4.23. The molecule has 0 N–H and O–H groups in total. The molecule has 0 spiro atoms. The van der Waals surface area contributed by atoms with E-state index in [9.17, 15) is 0 Å². The van der Waals surface area contributed by atoms with Gasteiger partial charge in [-0.1, -0.05) is 36.4 Å². The molecule has 0 fully saturated rings. The topological polar surface area (TPSA) is 35.6 Å². The molecule has 0 radical (unpaired) electrons. The molecule has 0 aliphatic heterocycles. The fraction of sp³-hybridized carbons (Fsp3) is 0. The lowest BCUT2D eigenvalue weighted by Gasteiger charge is -2.04. The highest BCUT2D eigenvalue weighted by atomic mass is 15.5. The van der Waals surface area contributed by atoms with Crippen LogP contribution < -0.4 is 0 Å². The molecule has 114 valence electrons.